The van der Waals surface area contributed by atoms with Crippen molar-refractivity contribution in [1.29, 1.82) is 0 Å². The van der Waals surface area contributed by atoms with E-state index in [4.69, 9.17) is 0 Å². The van der Waals surface area contributed by atoms with Gasteiger partial charge in [0.25, 0.3) is 0 Å². The van der Waals surface area contributed by atoms with Crippen molar-refractivity contribution in [2.75, 3.05) is 0 Å². The molecule has 0 heterocycles. The second kappa shape index (κ2) is 6.51. The summed E-state index contributed by atoms with van der Waals surface area (Å²) in [6, 6.07) is 0. The van der Waals surface area contributed by atoms with E-state index in [0.29, 0.717) is 0 Å². The lowest BCUT2D eigenvalue weighted by molar-refractivity contribution is 0.317. The van der Waals surface area contributed by atoms with Crippen molar-refractivity contribution in [3.05, 3.63) is 0 Å². The van der Waals surface area contributed by atoms with Gasteiger partial charge >= 0.3 is 0 Å². The highest BCUT2D eigenvalue weighted by molar-refractivity contribution is 4.62. The van der Waals surface area contributed by atoms with Gasteiger partial charge in [-0.25, -0.2) is 0 Å². The molecular weight excluding hydrogens is 144 g/mol. The lowest BCUT2D eigenvalue weighted by atomic mass is 9.86. The average molecular weight is 170 g/mol. The Bertz CT molecular complexity index is 94.2. The van der Waals surface area contributed by atoms with E-state index in [1.54, 1.807) is 0 Å². The number of hydrogen-bond acceptors (Lipinski definition) is 0. The third kappa shape index (κ3) is 5.62. The Morgan fingerprint density at radius 1 is 1.00 bits per heavy atom. The third-order valence-corrected chi connectivity index (χ3v) is 2.96. The molecule has 0 saturated heterocycles. The van der Waals surface area contributed by atoms with E-state index < -0.39 is 0 Å². The van der Waals surface area contributed by atoms with Gasteiger partial charge in [-0.2, -0.15) is 0 Å². The molecule has 12 heavy (non-hydrogen) atoms. The summed E-state index contributed by atoms with van der Waals surface area (Å²) in [6.45, 7) is 11.7. The van der Waals surface area contributed by atoms with Crippen molar-refractivity contribution in [3.63, 3.8) is 0 Å². The predicted molar refractivity (Wildman–Crippen MR) is 57.3 cm³/mol. The summed E-state index contributed by atoms with van der Waals surface area (Å²) in [7, 11) is 0. The molecule has 0 aliphatic rings. The molecule has 0 aliphatic heterocycles. The van der Waals surface area contributed by atoms with E-state index in [2.05, 4.69) is 34.6 Å². The molecular formula is C12H26. The van der Waals surface area contributed by atoms with E-state index in [1.165, 1.54) is 25.7 Å². The molecule has 0 aromatic rings. The maximum absolute atomic E-state index is 2.40. The fourth-order valence-electron chi connectivity index (χ4n) is 1.58. The molecule has 0 aliphatic carbocycles. The van der Waals surface area contributed by atoms with Crippen LogP contribution >= 0.6 is 0 Å². The van der Waals surface area contributed by atoms with Crippen LogP contribution in [0.4, 0.5) is 0 Å². The zero-order chi connectivity index (χ0) is 9.56. The molecule has 0 spiro atoms. The average Bonchev–Trinajstić information content (AvgIpc) is 2.00. The Morgan fingerprint density at radius 3 is 2.00 bits per heavy atom. The van der Waals surface area contributed by atoms with Crippen molar-refractivity contribution >= 4 is 0 Å². The van der Waals surface area contributed by atoms with Gasteiger partial charge in [0.1, 0.15) is 0 Å². The molecule has 0 aromatic carbocycles. The minimum Gasteiger partial charge on any atom is -0.0654 e. The maximum Gasteiger partial charge on any atom is -0.0417 e. The van der Waals surface area contributed by atoms with Crippen LogP contribution in [0, 0.1) is 17.8 Å². The normalized spacial score (nSPS) is 16.5. The topological polar surface area (TPSA) is 0 Å². The van der Waals surface area contributed by atoms with Gasteiger partial charge in [0.15, 0.2) is 0 Å². The molecule has 0 saturated carbocycles. The van der Waals surface area contributed by atoms with Gasteiger partial charge in [0.05, 0.1) is 0 Å². The smallest absolute Gasteiger partial charge is 0.0417 e. The van der Waals surface area contributed by atoms with Gasteiger partial charge in [-0.05, 0) is 24.2 Å². The fraction of sp³-hybridized carbons (Fsp3) is 1.00. The largest absolute Gasteiger partial charge is 0.0654 e. The maximum atomic E-state index is 2.40. The van der Waals surface area contributed by atoms with Gasteiger partial charge < -0.3 is 0 Å². The summed E-state index contributed by atoms with van der Waals surface area (Å²) in [5.41, 5.74) is 0. The molecule has 0 fully saturated rings. The molecule has 0 N–H and O–H groups in total. The molecule has 0 radical (unpaired) electrons. The number of rotatable bonds is 6. The first-order valence-electron chi connectivity index (χ1n) is 5.57. The van der Waals surface area contributed by atoms with Crippen molar-refractivity contribution in [2.24, 2.45) is 17.8 Å². The van der Waals surface area contributed by atoms with Crippen LogP contribution in [0.1, 0.15) is 60.3 Å². The Kier molecular flexibility index (Phi) is 6.51. The van der Waals surface area contributed by atoms with Crippen molar-refractivity contribution in [1.82, 2.24) is 0 Å². The highest BCUT2D eigenvalue weighted by Gasteiger charge is 2.11. The van der Waals surface area contributed by atoms with Crippen LogP contribution in [-0.4, -0.2) is 0 Å². The molecule has 0 nitrogen and oxygen atoms in total. The summed E-state index contributed by atoms with van der Waals surface area (Å²) in [6.07, 6.45) is 5.59. The molecule has 0 rings (SSSR count). The molecule has 2 atom stereocenters. The van der Waals surface area contributed by atoms with Crippen molar-refractivity contribution in [3.8, 4) is 0 Å². The first-order chi connectivity index (χ1) is 5.57. The van der Waals surface area contributed by atoms with Gasteiger partial charge in [-0.15, -0.1) is 0 Å². The standard InChI is InChI=1S/C12H26/c1-6-7-8-11(4)9-12(5)10(2)3/h10-12H,6-9H2,1-5H3. The van der Waals surface area contributed by atoms with Crippen molar-refractivity contribution in [2.45, 2.75) is 60.3 Å². The minimum absolute atomic E-state index is 0.856. The minimum atomic E-state index is 0.856. The van der Waals surface area contributed by atoms with Crippen LogP contribution in [0.3, 0.4) is 0 Å². The quantitative estimate of drug-likeness (QED) is 0.551. The van der Waals surface area contributed by atoms with Gasteiger partial charge in [0, 0.05) is 0 Å². The molecule has 0 bridgehead atoms. The van der Waals surface area contributed by atoms with E-state index in [1.807, 2.05) is 0 Å². The van der Waals surface area contributed by atoms with Gasteiger partial charge in [0.2, 0.25) is 0 Å². The second-order valence-corrected chi connectivity index (χ2v) is 4.70. The van der Waals surface area contributed by atoms with Crippen molar-refractivity contribution < 1.29 is 0 Å². The van der Waals surface area contributed by atoms with E-state index in [0.717, 1.165) is 17.8 Å². The lowest BCUT2D eigenvalue weighted by Gasteiger charge is -2.19. The SMILES string of the molecule is CCCCC(C)CC(C)C(C)C. The summed E-state index contributed by atoms with van der Waals surface area (Å²) in [5.74, 6) is 2.69. The van der Waals surface area contributed by atoms with E-state index >= 15 is 0 Å². The molecule has 0 heteroatoms. The molecule has 2 unspecified atom stereocenters. The highest BCUT2D eigenvalue weighted by Crippen LogP contribution is 2.22. The Hall–Kier alpha value is 0. The monoisotopic (exact) mass is 170 g/mol. The van der Waals surface area contributed by atoms with E-state index in [9.17, 15) is 0 Å². The Labute approximate surface area is 78.8 Å². The number of hydrogen-bond donors (Lipinski definition) is 0. The summed E-state index contributed by atoms with van der Waals surface area (Å²) < 4.78 is 0. The van der Waals surface area contributed by atoms with Crippen LogP contribution < -0.4 is 0 Å². The van der Waals surface area contributed by atoms with Crippen LogP contribution in [0.2, 0.25) is 0 Å². The first-order valence-corrected chi connectivity index (χ1v) is 5.57. The van der Waals surface area contributed by atoms with Crippen LogP contribution in [0.25, 0.3) is 0 Å². The first kappa shape index (κ1) is 12.0. The molecule has 0 aromatic heterocycles. The van der Waals surface area contributed by atoms with Gasteiger partial charge in [-0.3, -0.25) is 0 Å². The third-order valence-electron chi connectivity index (χ3n) is 2.96. The van der Waals surface area contributed by atoms with Crippen LogP contribution in [-0.2, 0) is 0 Å². The predicted octanol–water partition coefficient (Wildman–Crippen LogP) is 4.49. The Morgan fingerprint density at radius 2 is 1.58 bits per heavy atom. The summed E-state index contributed by atoms with van der Waals surface area (Å²) >= 11 is 0. The molecule has 0 amide bonds. The van der Waals surface area contributed by atoms with Gasteiger partial charge in [-0.1, -0.05) is 53.9 Å². The molecule has 74 valence electrons. The highest BCUT2D eigenvalue weighted by atomic mass is 14.2. The zero-order valence-electron chi connectivity index (χ0n) is 9.56. The van der Waals surface area contributed by atoms with Crippen LogP contribution in [0.15, 0.2) is 0 Å². The fourth-order valence-corrected chi connectivity index (χ4v) is 1.58. The lowest BCUT2D eigenvalue weighted by Crippen LogP contribution is -2.09. The summed E-state index contributed by atoms with van der Waals surface area (Å²) in [4.78, 5) is 0. The van der Waals surface area contributed by atoms with E-state index in [-0.39, 0.29) is 0 Å². The Balaban J connectivity index is 3.47. The van der Waals surface area contributed by atoms with Crippen LogP contribution in [0.5, 0.6) is 0 Å². The summed E-state index contributed by atoms with van der Waals surface area (Å²) in [5, 5.41) is 0. The number of unbranched alkanes of at least 4 members (excludes halogenated alkanes) is 1. The zero-order valence-corrected chi connectivity index (χ0v) is 9.56. The second-order valence-electron chi connectivity index (χ2n) is 4.70.